The van der Waals surface area contributed by atoms with Crippen LogP contribution >= 0.6 is 11.5 Å². The zero-order chi connectivity index (χ0) is 13.8. The van der Waals surface area contributed by atoms with Crippen LogP contribution < -0.4 is 5.43 Å². The van der Waals surface area contributed by atoms with Crippen LogP contribution in [-0.2, 0) is 0 Å². The van der Waals surface area contributed by atoms with E-state index in [0.29, 0.717) is 16.3 Å². The van der Waals surface area contributed by atoms with Crippen LogP contribution in [0.1, 0.15) is 33.7 Å². The van der Waals surface area contributed by atoms with Crippen LogP contribution in [0.2, 0.25) is 0 Å². The van der Waals surface area contributed by atoms with Crippen LogP contribution in [0.15, 0.2) is 23.3 Å². The van der Waals surface area contributed by atoms with Crippen molar-refractivity contribution in [2.45, 2.75) is 20.8 Å². The number of hydrazone groups is 1. The molecule has 0 aliphatic rings. The van der Waals surface area contributed by atoms with Crippen LogP contribution in [-0.4, -0.2) is 26.2 Å². The molecule has 6 nitrogen and oxygen atoms in total. The third kappa shape index (κ3) is 3.19. The first-order chi connectivity index (χ1) is 9.08. The molecular weight excluding hydrogens is 262 g/mol. The summed E-state index contributed by atoms with van der Waals surface area (Å²) < 4.78 is 3.71. The van der Waals surface area contributed by atoms with Gasteiger partial charge in [0.1, 0.15) is 4.88 Å². The Bertz CT molecular complexity index is 635. The highest BCUT2D eigenvalue weighted by Gasteiger charge is 2.12. The maximum absolute atomic E-state index is 11.8. The Balaban J connectivity index is 2.11. The Labute approximate surface area is 114 Å². The molecule has 0 unspecified atom stereocenters. The Morgan fingerprint density at radius 2 is 2.16 bits per heavy atom. The summed E-state index contributed by atoms with van der Waals surface area (Å²) >= 11 is 1.05. The number of nitrogens with one attached hydrogen (secondary N) is 1. The molecule has 98 valence electrons. The highest BCUT2D eigenvalue weighted by atomic mass is 32.1. The lowest BCUT2D eigenvalue weighted by Crippen LogP contribution is -2.19. The molecule has 2 heterocycles. The highest BCUT2D eigenvalue weighted by Crippen LogP contribution is 2.08. The van der Waals surface area contributed by atoms with Crippen molar-refractivity contribution >= 4 is 23.2 Å². The largest absolute Gasteiger partial charge is 0.285 e. The van der Waals surface area contributed by atoms with Crippen molar-refractivity contribution in [3.63, 3.8) is 0 Å². The molecule has 0 aliphatic heterocycles. The molecule has 2 aromatic heterocycles. The average molecular weight is 275 g/mol. The van der Waals surface area contributed by atoms with Crippen molar-refractivity contribution in [3.8, 4) is 0 Å². The number of aryl methyl sites for hydroxylation is 2. The molecule has 0 aliphatic carbocycles. The quantitative estimate of drug-likeness (QED) is 0.683. The predicted molar refractivity (Wildman–Crippen MR) is 73.3 cm³/mol. The van der Waals surface area contributed by atoms with E-state index in [4.69, 9.17) is 0 Å². The molecular formula is C12H13N5OS. The number of nitrogens with zero attached hydrogens (tertiary/aromatic N) is 4. The van der Waals surface area contributed by atoms with Crippen molar-refractivity contribution < 1.29 is 4.79 Å². The van der Waals surface area contributed by atoms with Gasteiger partial charge < -0.3 is 0 Å². The summed E-state index contributed by atoms with van der Waals surface area (Å²) in [5, 5.41) is 7.82. The Morgan fingerprint density at radius 1 is 1.37 bits per heavy atom. The fraction of sp³-hybridized carbons (Fsp3) is 0.250. The van der Waals surface area contributed by atoms with E-state index in [2.05, 4.69) is 25.1 Å². The Morgan fingerprint density at radius 3 is 2.79 bits per heavy atom. The molecule has 0 saturated carbocycles. The minimum absolute atomic E-state index is 0.306. The highest BCUT2D eigenvalue weighted by molar-refractivity contribution is 7.07. The number of pyridine rings is 1. The number of rotatable bonds is 3. The number of carbonyl (C=O) groups is 1. The minimum Gasteiger partial charge on any atom is -0.266 e. The third-order valence-corrected chi connectivity index (χ3v) is 3.27. The monoisotopic (exact) mass is 275 g/mol. The van der Waals surface area contributed by atoms with Gasteiger partial charge >= 0.3 is 0 Å². The van der Waals surface area contributed by atoms with Crippen LogP contribution in [0.25, 0.3) is 0 Å². The van der Waals surface area contributed by atoms with Gasteiger partial charge in [-0.25, -0.2) is 5.43 Å². The second kappa shape index (κ2) is 5.66. The van der Waals surface area contributed by atoms with Gasteiger partial charge in [-0.1, -0.05) is 10.6 Å². The molecule has 19 heavy (non-hydrogen) atoms. The van der Waals surface area contributed by atoms with Gasteiger partial charge in [0, 0.05) is 5.69 Å². The first kappa shape index (κ1) is 13.3. The topological polar surface area (TPSA) is 80.1 Å². The fourth-order valence-corrected chi connectivity index (χ4v) is 1.97. The molecule has 1 amide bonds. The summed E-state index contributed by atoms with van der Waals surface area (Å²) in [7, 11) is 0. The lowest BCUT2D eigenvalue weighted by atomic mass is 10.2. The molecule has 0 fully saturated rings. The van der Waals surface area contributed by atoms with Crippen LogP contribution in [0.3, 0.4) is 0 Å². The zero-order valence-electron chi connectivity index (χ0n) is 10.8. The van der Waals surface area contributed by atoms with E-state index in [9.17, 15) is 4.79 Å². The van der Waals surface area contributed by atoms with Crippen LogP contribution in [0.4, 0.5) is 0 Å². The van der Waals surface area contributed by atoms with Gasteiger partial charge in [-0.3, -0.25) is 9.78 Å². The van der Waals surface area contributed by atoms with Crippen molar-refractivity contribution in [1.29, 1.82) is 0 Å². The second-order valence-corrected chi connectivity index (χ2v) is 4.74. The lowest BCUT2D eigenvalue weighted by molar-refractivity contribution is 0.0958. The summed E-state index contributed by atoms with van der Waals surface area (Å²) in [6.45, 7) is 5.43. The predicted octanol–water partition coefficient (Wildman–Crippen LogP) is 1.70. The van der Waals surface area contributed by atoms with Crippen molar-refractivity contribution in [3.05, 3.63) is 40.2 Å². The fourth-order valence-electron chi connectivity index (χ4n) is 1.43. The van der Waals surface area contributed by atoms with E-state index in [1.807, 2.05) is 25.1 Å². The van der Waals surface area contributed by atoms with E-state index in [1.54, 1.807) is 13.8 Å². The number of hydrogen-bond acceptors (Lipinski definition) is 6. The van der Waals surface area contributed by atoms with Crippen molar-refractivity contribution in [2.75, 3.05) is 0 Å². The second-order valence-electron chi connectivity index (χ2n) is 3.99. The molecule has 0 radical (unpaired) electrons. The standard InChI is InChI=1S/C12H13N5OS/c1-7-5-4-6-10(13-7)8(2)14-16-12(18)11-9(3)15-17-19-11/h4-6H,1-3H3,(H,16,18)/b14-8+. The summed E-state index contributed by atoms with van der Waals surface area (Å²) in [5.41, 5.74) is 5.37. The first-order valence-electron chi connectivity index (χ1n) is 5.65. The summed E-state index contributed by atoms with van der Waals surface area (Å²) in [6, 6.07) is 5.65. The van der Waals surface area contributed by atoms with E-state index in [0.717, 1.165) is 22.9 Å². The summed E-state index contributed by atoms with van der Waals surface area (Å²) in [5.74, 6) is -0.306. The van der Waals surface area contributed by atoms with Crippen molar-refractivity contribution in [2.24, 2.45) is 5.10 Å². The zero-order valence-corrected chi connectivity index (χ0v) is 11.7. The number of aromatic nitrogens is 3. The van der Waals surface area contributed by atoms with Gasteiger partial charge in [0.05, 0.1) is 17.1 Å². The average Bonchev–Trinajstić information content (AvgIpc) is 2.82. The smallest absolute Gasteiger partial charge is 0.266 e. The normalized spacial score (nSPS) is 11.4. The number of carbonyl (C=O) groups excluding carboxylic acids is 1. The van der Waals surface area contributed by atoms with Crippen LogP contribution in [0, 0.1) is 13.8 Å². The number of amides is 1. The Kier molecular flexibility index (Phi) is 3.96. The van der Waals surface area contributed by atoms with Gasteiger partial charge in [-0.05, 0) is 44.4 Å². The maximum atomic E-state index is 11.8. The molecule has 0 saturated heterocycles. The van der Waals surface area contributed by atoms with E-state index >= 15 is 0 Å². The minimum atomic E-state index is -0.306. The number of hydrogen-bond donors (Lipinski definition) is 1. The molecule has 0 atom stereocenters. The third-order valence-electron chi connectivity index (χ3n) is 2.44. The maximum Gasteiger partial charge on any atom is 0.285 e. The molecule has 2 aromatic rings. The van der Waals surface area contributed by atoms with Gasteiger partial charge in [0.2, 0.25) is 0 Å². The van der Waals surface area contributed by atoms with Gasteiger partial charge in [-0.2, -0.15) is 5.10 Å². The van der Waals surface area contributed by atoms with E-state index in [1.165, 1.54) is 0 Å². The van der Waals surface area contributed by atoms with Gasteiger partial charge in [-0.15, -0.1) is 5.10 Å². The summed E-state index contributed by atoms with van der Waals surface area (Å²) in [4.78, 5) is 16.6. The SMILES string of the molecule is C/C(=N\NC(=O)c1snnc1C)c1cccc(C)n1. The first-order valence-corrected chi connectivity index (χ1v) is 6.43. The van der Waals surface area contributed by atoms with E-state index in [-0.39, 0.29) is 5.91 Å². The van der Waals surface area contributed by atoms with Gasteiger partial charge in [0.25, 0.3) is 5.91 Å². The molecule has 0 bridgehead atoms. The lowest BCUT2D eigenvalue weighted by Gasteiger charge is -2.02. The Hall–Kier alpha value is -2.15. The molecule has 1 N–H and O–H groups in total. The molecule has 7 heteroatoms. The molecule has 2 rings (SSSR count). The van der Waals surface area contributed by atoms with Gasteiger partial charge in [0.15, 0.2) is 0 Å². The van der Waals surface area contributed by atoms with E-state index < -0.39 is 0 Å². The molecule has 0 aromatic carbocycles. The van der Waals surface area contributed by atoms with Crippen molar-refractivity contribution in [1.82, 2.24) is 20.0 Å². The van der Waals surface area contributed by atoms with Crippen LogP contribution in [0.5, 0.6) is 0 Å². The molecule has 0 spiro atoms. The summed E-state index contributed by atoms with van der Waals surface area (Å²) in [6.07, 6.45) is 0.